The SMILES string of the molecule is CCC(O)C(C)S(=O)(=O)c1ccc(C(F)(F)F)cc1. The number of alkyl halides is 3. The molecule has 0 bridgehead atoms. The molecular formula is C12H15F3O3S. The van der Waals surface area contributed by atoms with Gasteiger partial charge in [-0.25, -0.2) is 8.42 Å². The lowest BCUT2D eigenvalue weighted by Gasteiger charge is -2.18. The number of hydrogen-bond acceptors (Lipinski definition) is 3. The molecule has 0 radical (unpaired) electrons. The Morgan fingerprint density at radius 1 is 1.21 bits per heavy atom. The van der Waals surface area contributed by atoms with Crippen molar-refractivity contribution in [1.29, 1.82) is 0 Å². The van der Waals surface area contributed by atoms with Gasteiger partial charge in [-0.05, 0) is 37.6 Å². The molecule has 0 aliphatic rings. The smallest absolute Gasteiger partial charge is 0.392 e. The maximum atomic E-state index is 12.4. The van der Waals surface area contributed by atoms with Crippen LogP contribution in [0.25, 0.3) is 0 Å². The molecule has 0 saturated heterocycles. The summed E-state index contributed by atoms with van der Waals surface area (Å²) in [6.45, 7) is 2.96. The Bertz CT molecular complexity index is 520. The molecule has 7 heteroatoms. The Hall–Kier alpha value is -1.08. The number of hydrogen-bond donors (Lipinski definition) is 1. The Balaban J connectivity index is 3.10. The number of sulfone groups is 1. The molecule has 0 spiro atoms. The molecule has 108 valence electrons. The predicted octanol–water partition coefficient (Wildman–Crippen LogP) is 2.64. The summed E-state index contributed by atoms with van der Waals surface area (Å²) in [5, 5.41) is 8.49. The highest BCUT2D eigenvalue weighted by molar-refractivity contribution is 7.92. The van der Waals surface area contributed by atoms with Gasteiger partial charge in [-0.15, -0.1) is 0 Å². The molecule has 0 fully saturated rings. The summed E-state index contributed by atoms with van der Waals surface area (Å²) in [5.41, 5.74) is -0.907. The summed E-state index contributed by atoms with van der Waals surface area (Å²) < 4.78 is 61.2. The molecule has 0 saturated carbocycles. The summed E-state index contributed by atoms with van der Waals surface area (Å²) in [7, 11) is -3.83. The van der Waals surface area contributed by atoms with Gasteiger partial charge in [0.25, 0.3) is 0 Å². The van der Waals surface area contributed by atoms with Gasteiger partial charge in [0.1, 0.15) is 0 Å². The first-order valence-electron chi connectivity index (χ1n) is 5.70. The van der Waals surface area contributed by atoms with Gasteiger partial charge in [-0.1, -0.05) is 6.92 Å². The molecular weight excluding hydrogens is 281 g/mol. The third kappa shape index (κ3) is 3.48. The lowest BCUT2D eigenvalue weighted by molar-refractivity contribution is -0.137. The number of rotatable bonds is 4. The highest BCUT2D eigenvalue weighted by Crippen LogP contribution is 2.30. The first-order chi connectivity index (χ1) is 8.60. The fourth-order valence-electron chi connectivity index (χ4n) is 1.59. The second kappa shape index (κ2) is 5.50. The second-order valence-corrected chi connectivity index (χ2v) is 6.55. The first kappa shape index (κ1) is 16.0. The maximum Gasteiger partial charge on any atom is 0.416 e. The van der Waals surface area contributed by atoms with Crippen molar-refractivity contribution in [3.63, 3.8) is 0 Å². The van der Waals surface area contributed by atoms with Crippen LogP contribution in [0.2, 0.25) is 0 Å². The molecule has 3 nitrogen and oxygen atoms in total. The molecule has 19 heavy (non-hydrogen) atoms. The highest BCUT2D eigenvalue weighted by Gasteiger charge is 2.32. The van der Waals surface area contributed by atoms with Gasteiger partial charge in [0.2, 0.25) is 0 Å². The van der Waals surface area contributed by atoms with Crippen LogP contribution in [0, 0.1) is 0 Å². The average molecular weight is 296 g/mol. The van der Waals surface area contributed by atoms with Crippen molar-refractivity contribution in [2.45, 2.75) is 42.7 Å². The molecule has 0 amide bonds. The Morgan fingerprint density at radius 3 is 2.05 bits per heavy atom. The minimum absolute atomic E-state index is 0.222. The van der Waals surface area contributed by atoms with E-state index in [9.17, 15) is 26.7 Å². The summed E-state index contributed by atoms with van der Waals surface area (Å²) in [5.74, 6) is 0. The Kier molecular flexibility index (Phi) is 4.63. The van der Waals surface area contributed by atoms with Crippen LogP contribution in [0.15, 0.2) is 29.2 Å². The number of aliphatic hydroxyl groups excluding tert-OH is 1. The maximum absolute atomic E-state index is 12.4. The first-order valence-corrected chi connectivity index (χ1v) is 7.24. The predicted molar refractivity (Wildman–Crippen MR) is 64.4 cm³/mol. The zero-order valence-corrected chi connectivity index (χ0v) is 11.3. The van der Waals surface area contributed by atoms with E-state index in [-0.39, 0.29) is 11.3 Å². The van der Waals surface area contributed by atoms with E-state index in [1.807, 2.05) is 0 Å². The number of aliphatic hydroxyl groups is 1. The Morgan fingerprint density at radius 2 is 1.68 bits per heavy atom. The van der Waals surface area contributed by atoms with E-state index >= 15 is 0 Å². The molecule has 0 aliphatic carbocycles. The lowest BCUT2D eigenvalue weighted by Crippen LogP contribution is -2.31. The standard InChI is InChI=1S/C12H15F3O3S/c1-3-11(16)8(2)19(17,18)10-6-4-9(5-7-10)12(13,14)15/h4-8,11,16H,3H2,1-2H3. The van der Waals surface area contributed by atoms with E-state index in [0.29, 0.717) is 0 Å². The number of halogens is 3. The average Bonchev–Trinajstić information content (AvgIpc) is 2.36. The van der Waals surface area contributed by atoms with Gasteiger partial charge in [0.15, 0.2) is 9.84 Å². The summed E-state index contributed by atoms with van der Waals surface area (Å²) in [4.78, 5) is -0.222. The summed E-state index contributed by atoms with van der Waals surface area (Å²) in [6, 6.07) is 3.27. The van der Waals surface area contributed by atoms with Crippen molar-refractivity contribution >= 4 is 9.84 Å². The minimum atomic E-state index is -4.50. The second-order valence-electron chi connectivity index (χ2n) is 4.25. The summed E-state index contributed by atoms with van der Waals surface area (Å²) >= 11 is 0. The van der Waals surface area contributed by atoms with Crippen LogP contribution in [-0.2, 0) is 16.0 Å². The lowest BCUT2D eigenvalue weighted by atomic mass is 10.2. The van der Waals surface area contributed by atoms with Gasteiger partial charge >= 0.3 is 6.18 Å². The van der Waals surface area contributed by atoms with Crippen LogP contribution in [-0.4, -0.2) is 24.9 Å². The van der Waals surface area contributed by atoms with Crippen LogP contribution < -0.4 is 0 Å². The van der Waals surface area contributed by atoms with Crippen LogP contribution in [0.1, 0.15) is 25.8 Å². The van der Waals surface area contributed by atoms with Crippen molar-refractivity contribution in [2.75, 3.05) is 0 Å². The molecule has 0 aromatic heterocycles. The van der Waals surface area contributed by atoms with Crippen molar-refractivity contribution < 1.29 is 26.7 Å². The van der Waals surface area contributed by atoms with Crippen molar-refractivity contribution in [3.8, 4) is 0 Å². The molecule has 2 atom stereocenters. The van der Waals surface area contributed by atoms with E-state index in [4.69, 9.17) is 0 Å². The zero-order valence-electron chi connectivity index (χ0n) is 10.5. The fourth-order valence-corrected chi connectivity index (χ4v) is 3.14. The highest BCUT2D eigenvalue weighted by atomic mass is 32.2. The van der Waals surface area contributed by atoms with E-state index in [0.717, 1.165) is 24.3 Å². The minimum Gasteiger partial charge on any atom is -0.392 e. The molecule has 1 aromatic rings. The fraction of sp³-hybridized carbons (Fsp3) is 0.500. The summed E-state index contributed by atoms with van der Waals surface area (Å²) in [6.07, 6.45) is -5.30. The normalized spacial score (nSPS) is 16.1. The van der Waals surface area contributed by atoms with Crippen molar-refractivity contribution in [3.05, 3.63) is 29.8 Å². The van der Waals surface area contributed by atoms with E-state index in [1.165, 1.54) is 6.92 Å². The van der Waals surface area contributed by atoms with Crippen molar-refractivity contribution in [2.24, 2.45) is 0 Å². The van der Waals surface area contributed by atoms with E-state index in [2.05, 4.69) is 0 Å². The third-order valence-electron chi connectivity index (χ3n) is 2.96. The van der Waals surface area contributed by atoms with Gasteiger partial charge < -0.3 is 5.11 Å². The molecule has 0 heterocycles. The molecule has 0 aliphatic heterocycles. The van der Waals surface area contributed by atoms with Gasteiger partial charge in [-0.2, -0.15) is 13.2 Å². The molecule has 1 N–H and O–H groups in total. The molecule has 1 aromatic carbocycles. The quantitative estimate of drug-likeness (QED) is 0.929. The van der Waals surface area contributed by atoms with Gasteiger partial charge in [0.05, 0.1) is 21.8 Å². The van der Waals surface area contributed by atoms with Gasteiger partial charge in [-0.3, -0.25) is 0 Å². The van der Waals surface area contributed by atoms with E-state index in [1.54, 1.807) is 6.92 Å². The molecule has 1 rings (SSSR count). The van der Waals surface area contributed by atoms with Gasteiger partial charge in [0, 0.05) is 0 Å². The van der Waals surface area contributed by atoms with Crippen LogP contribution in [0.4, 0.5) is 13.2 Å². The Labute approximate surface area is 110 Å². The van der Waals surface area contributed by atoms with E-state index < -0.39 is 32.9 Å². The van der Waals surface area contributed by atoms with Crippen LogP contribution >= 0.6 is 0 Å². The topological polar surface area (TPSA) is 54.4 Å². The largest absolute Gasteiger partial charge is 0.416 e. The third-order valence-corrected chi connectivity index (χ3v) is 5.18. The molecule has 2 unspecified atom stereocenters. The number of benzene rings is 1. The monoisotopic (exact) mass is 296 g/mol. The zero-order chi connectivity index (χ0) is 14.8. The van der Waals surface area contributed by atoms with Crippen molar-refractivity contribution in [1.82, 2.24) is 0 Å². The van der Waals surface area contributed by atoms with Crippen LogP contribution in [0.3, 0.4) is 0 Å². The van der Waals surface area contributed by atoms with Crippen LogP contribution in [0.5, 0.6) is 0 Å².